The van der Waals surface area contributed by atoms with Crippen LogP contribution < -0.4 is 0 Å². The summed E-state index contributed by atoms with van der Waals surface area (Å²) < 4.78 is 44.0. The lowest BCUT2D eigenvalue weighted by Gasteiger charge is -2.20. The van der Waals surface area contributed by atoms with Crippen LogP contribution in [0.2, 0.25) is 0 Å². The largest absolute Gasteiger partial charge is 0.478 e. The molecule has 7 heteroatoms. The predicted octanol–water partition coefficient (Wildman–Crippen LogP) is 7.74. The van der Waals surface area contributed by atoms with Gasteiger partial charge in [-0.2, -0.15) is 18.4 Å². The maximum Gasteiger partial charge on any atom is 0.418 e. The molecule has 0 spiro atoms. The summed E-state index contributed by atoms with van der Waals surface area (Å²) in [5, 5.41) is 20.1. The number of para-hydroxylation sites is 1. The van der Waals surface area contributed by atoms with Gasteiger partial charge >= 0.3 is 12.1 Å². The average Bonchev–Trinajstić information content (AvgIpc) is 2.99. The van der Waals surface area contributed by atoms with Gasteiger partial charge in [0.1, 0.15) is 0 Å². The van der Waals surface area contributed by atoms with Crippen LogP contribution in [-0.4, -0.2) is 15.6 Å². The number of hydrogen-bond acceptors (Lipinski definition) is 2. The van der Waals surface area contributed by atoms with E-state index in [1.165, 1.54) is 37.1 Å². The number of halogens is 3. The summed E-state index contributed by atoms with van der Waals surface area (Å²) in [6, 6.07) is 10.8. The Balaban J connectivity index is 1.87. The van der Waals surface area contributed by atoms with Crippen LogP contribution >= 0.6 is 0 Å². The average molecular weight is 497 g/mol. The van der Waals surface area contributed by atoms with E-state index in [1.54, 1.807) is 16.7 Å². The van der Waals surface area contributed by atoms with Gasteiger partial charge in [0.2, 0.25) is 0 Å². The van der Waals surface area contributed by atoms with Gasteiger partial charge in [-0.3, -0.25) is 0 Å². The zero-order valence-electron chi connectivity index (χ0n) is 20.5. The second-order valence-electron chi connectivity index (χ2n) is 9.78. The highest BCUT2D eigenvalue weighted by atomic mass is 19.4. The monoisotopic (exact) mass is 496 g/mol. The molecule has 0 bridgehead atoms. The standard InChI is InChI=1S/C29H31F3N2O2/c1-2-3-4-5-9-19-10-6-13-22-23-14-8-15-24(28(35)36)27(23)34(25(22)16-19)18-21-12-7-11-20(17-33)26(21)29(30,31)32/h7-8,11-12,14-15,19H,2-6,9-10,13,16,18H2,1H3,(H,35,36). The van der Waals surface area contributed by atoms with Gasteiger partial charge in [0.25, 0.3) is 0 Å². The Hall–Kier alpha value is -3.27. The fourth-order valence-electron chi connectivity index (χ4n) is 5.77. The quantitative estimate of drug-likeness (QED) is 0.256. The number of aromatic carboxylic acids is 1. The summed E-state index contributed by atoms with van der Waals surface area (Å²) in [4.78, 5) is 12.2. The molecule has 1 aromatic heterocycles. The maximum absolute atomic E-state index is 14.1. The van der Waals surface area contributed by atoms with Crippen molar-refractivity contribution in [2.45, 2.75) is 77.4 Å². The van der Waals surface area contributed by atoms with Gasteiger partial charge in [-0.1, -0.05) is 63.3 Å². The molecule has 2 aromatic carbocycles. The number of aromatic nitrogens is 1. The summed E-state index contributed by atoms with van der Waals surface area (Å²) in [6.07, 6.45) is 4.52. The van der Waals surface area contributed by atoms with Crippen molar-refractivity contribution < 1.29 is 23.1 Å². The summed E-state index contributed by atoms with van der Waals surface area (Å²) >= 11 is 0. The summed E-state index contributed by atoms with van der Waals surface area (Å²) in [5.41, 5.74) is 1.16. The minimum Gasteiger partial charge on any atom is -0.478 e. The smallest absolute Gasteiger partial charge is 0.418 e. The molecule has 190 valence electrons. The van der Waals surface area contributed by atoms with Crippen LogP contribution in [-0.2, 0) is 25.6 Å². The SMILES string of the molecule is CCCCCCC1CCCc2c(n(Cc3cccc(C#N)c3C(F)(F)F)c3c(C(=O)O)cccc23)C1. The molecule has 0 saturated carbocycles. The van der Waals surface area contributed by atoms with E-state index in [-0.39, 0.29) is 17.7 Å². The van der Waals surface area contributed by atoms with E-state index in [1.807, 2.05) is 6.07 Å². The molecule has 0 saturated heterocycles. The first kappa shape index (κ1) is 25.8. The first-order valence-electron chi connectivity index (χ1n) is 12.7. The van der Waals surface area contributed by atoms with Crippen molar-refractivity contribution in [1.82, 2.24) is 4.57 Å². The van der Waals surface area contributed by atoms with E-state index < -0.39 is 23.3 Å². The summed E-state index contributed by atoms with van der Waals surface area (Å²) in [6.45, 7) is 2.04. The molecule has 0 amide bonds. The molecule has 1 aliphatic carbocycles. The van der Waals surface area contributed by atoms with E-state index in [9.17, 15) is 28.3 Å². The highest BCUT2D eigenvalue weighted by Gasteiger charge is 2.37. The maximum atomic E-state index is 14.1. The van der Waals surface area contributed by atoms with Crippen molar-refractivity contribution in [2.24, 2.45) is 5.92 Å². The van der Waals surface area contributed by atoms with Crippen molar-refractivity contribution in [1.29, 1.82) is 5.26 Å². The number of hydrogen-bond donors (Lipinski definition) is 1. The number of nitriles is 1. The number of carboxylic acid groups (broad SMARTS) is 1. The van der Waals surface area contributed by atoms with Gasteiger partial charge in [-0.25, -0.2) is 4.79 Å². The van der Waals surface area contributed by atoms with Gasteiger partial charge < -0.3 is 9.67 Å². The van der Waals surface area contributed by atoms with Crippen molar-refractivity contribution >= 4 is 16.9 Å². The van der Waals surface area contributed by atoms with Crippen molar-refractivity contribution in [2.75, 3.05) is 0 Å². The van der Waals surface area contributed by atoms with E-state index >= 15 is 0 Å². The molecular weight excluding hydrogens is 465 g/mol. The number of rotatable bonds is 8. The molecule has 1 atom stereocenters. The molecule has 1 aliphatic rings. The number of nitrogens with zero attached hydrogens (tertiary/aromatic N) is 2. The van der Waals surface area contributed by atoms with Crippen molar-refractivity contribution in [3.05, 3.63) is 69.9 Å². The minimum absolute atomic E-state index is 0.0230. The number of unbranched alkanes of at least 4 members (excludes halogenated alkanes) is 3. The Morgan fingerprint density at radius 1 is 1.17 bits per heavy atom. The molecule has 4 nitrogen and oxygen atoms in total. The molecule has 4 rings (SSSR count). The van der Waals surface area contributed by atoms with E-state index in [2.05, 4.69) is 6.92 Å². The predicted molar refractivity (Wildman–Crippen MR) is 133 cm³/mol. The Labute approximate surface area is 209 Å². The second kappa shape index (κ2) is 10.8. The Bertz CT molecular complexity index is 1300. The minimum atomic E-state index is -4.70. The molecule has 0 aliphatic heterocycles. The Morgan fingerprint density at radius 3 is 2.64 bits per heavy atom. The highest BCUT2D eigenvalue weighted by Crippen LogP contribution is 2.39. The van der Waals surface area contributed by atoms with Crippen LogP contribution in [0.1, 0.15) is 90.2 Å². The fraction of sp³-hybridized carbons (Fsp3) is 0.448. The summed E-state index contributed by atoms with van der Waals surface area (Å²) in [7, 11) is 0. The van der Waals surface area contributed by atoms with Crippen LogP contribution in [0.3, 0.4) is 0 Å². The number of fused-ring (bicyclic) bond motifs is 3. The lowest BCUT2D eigenvalue weighted by atomic mass is 9.93. The van der Waals surface area contributed by atoms with Gasteiger partial charge in [-0.15, -0.1) is 0 Å². The zero-order chi connectivity index (χ0) is 25.9. The van der Waals surface area contributed by atoms with E-state index in [0.717, 1.165) is 55.2 Å². The van der Waals surface area contributed by atoms with Crippen LogP contribution in [0, 0.1) is 17.2 Å². The topological polar surface area (TPSA) is 66.0 Å². The van der Waals surface area contributed by atoms with Gasteiger partial charge in [0, 0.05) is 17.6 Å². The molecule has 0 fully saturated rings. The van der Waals surface area contributed by atoms with Crippen LogP contribution in [0.15, 0.2) is 36.4 Å². The Kier molecular flexibility index (Phi) is 7.73. The fourth-order valence-corrected chi connectivity index (χ4v) is 5.77. The first-order chi connectivity index (χ1) is 17.3. The third-order valence-corrected chi connectivity index (χ3v) is 7.41. The lowest BCUT2D eigenvalue weighted by Crippen LogP contribution is -2.17. The zero-order valence-corrected chi connectivity index (χ0v) is 20.5. The van der Waals surface area contributed by atoms with Crippen molar-refractivity contribution in [3.8, 4) is 6.07 Å². The van der Waals surface area contributed by atoms with Gasteiger partial charge in [-0.05, 0) is 54.9 Å². The number of carbonyl (C=O) groups is 1. The number of benzene rings is 2. The summed E-state index contributed by atoms with van der Waals surface area (Å²) in [5.74, 6) is -0.695. The van der Waals surface area contributed by atoms with E-state index in [4.69, 9.17) is 0 Å². The third-order valence-electron chi connectivity index (χ3n) is 7.41. The Morgan fingerprint density at radius 2 is 1.94 bits per heavy atom. The molecule has 1 unspecified atom stereocenters. The lowest BCUT2D eigenvalue weighted by molar-refractivity contribution is -0.138. The van der Waals surface area contributed by atoms with Crippen LogP contribution in [0.4, 0.5) is 13.2 Å². The normalized spacial score (nSPS) is 15.9. The third kappa shape index (κ3) is 5.13. The number of carboxylic acids is 1. The first-order valence-corrected chi connectivity index (χ1v) is 12.7. The number of aryl methyl sites for hydroxylation is 1. The van der Waals surface area contributed by atoms with Gasteiger partial charge in [0.15, 0.2) is 0 Å². The van der Waals surface area contributed by atoms with Crippen LogP contribution in [0.25, 0.3) is 10.9 Å². The second-order valence-corrected chi connectivity index (χ2v) is 9.78. The van der Waals surface area contributed by atoms with Crippen LogP contribution in [0.5, 0.6) is 0 Å². The van der Waals surface area contributed by atoms with Gasteiger partial charge in [0.05, 0.1) is 28.3 Å². The van der Waals surface area contributed by atoms with E-state index in [0.29, 0.717) is 17.9 Å². The molecule has 3 aromatic rings. The molecule has 0 radical (unpaired) electrons. The number of alkyl halides is 3. The molecule has 1 N–H and O–H groups in total. The molecule has 36 heavy (non-hydrogen) atoms. The van der Waals surface area contributed by atoms with Crippen molar-refractivity contribution in [3.63, 3.8) is 0 Å². The molecule has 1 heterocycles. The highest BCUT2D eigenvalue weighted by molar-refractivity contribution is 6.04. The molecular formula is C29H31F3N2O2.